The second kappa shape index (κ2) is 74.5. The van der Waals surface area contributed by atoms with Crippen LogP contribution in [0.4, 0.5) is 0 Å². The highest BCUT2D eigenvalue weighted by molar-refractivity contribution is 7.47. The third-order valence-electron chi connectivity index (χ3n) is 16.1. The van der Waals surface area contributed by atoms with Gasteiger partial charge in [-0.05, 0) is 154 Å². The Hall–Kier alpha value is -4.80. The van der Waals surface area contributed by atoms with Crippen molar-refractivity contribution < 1.29 is 80.2 Å². The summed E-state index contributed by atoms with van der Waals surface area (Å²) in [5.41, 5.74) is 0. The van der Waals surface area contributed by atoms with Crippen LogP contribution >= 0.6 is 15.6 Å². The summed E-state index contributed by atoms with van der Waals surface area (Å²) in [4.78, 5) is 72.9. The minimum atomic E-state index is -4.99. The monoisotopic (exact) mass is 1470 g/mol. The number of phosphoric acid groups is 2. The molecule has 0 saturated heterocycles. The number of hydrogen-bond donors (Lipinski definition) is 3. The average molecular weight is 1470 g/mol. The molecule has 0 heterocycles. The van der Waals surface area contributed by atoms with Crippen molar-refractivity contribution in [3.05, 3.63) is 134 Å². The molecule has 5 atom stereocenters. The molecule has 0 aliphatic heterocycles. The first kappa shape index (κ1) is 97.2. The van der Waals surface area contributed by atoms with Gasteiger partial charge in [-0.25, -0.2) is 9.13 Å². The highest BCUT2D eigenvalue weighted by Gasteiger charge is 2.30. The molecule has 0 amide bonds. The van der Waals surface area contributed by atoms with Gasteiger partial charge in [0.05, 0.1) is 26.4 Å². The fourth-order valence-electron chi connectivity index (χ4n) is 10.1. The van der Waals surface area contributed by atoms with Crippen molar-refractivity contribution in [2.45, 2.75) is 329 Å². The van der Waals surface area contributed by atoms with E-state index in [0.717, 1.165) is 199 Å². The fraction of sp³-hybridized carbons (Fsp3) is 0.687. The van der Waals surface area contributed by atoms with Gasteiger partial charge < -0.3 is 33.8 Å². The maximum Gasteiger partial charge on any atom is 0.472 e. The topological polar surface area (TPSA) is 237 Å². The van der Waals surface area contributed by atoms with Crippen molar-refractivity contribution in [2.24, 2.45) is 0 Å². The number of esters is 4. The quantitative estimate of drug-likeness (QED) is 0.0169. The summed E-state index contributed by atoms with van der Waals surface area (Å²) in [7, 11) is -9.97. The number of carbonyl (C=O) groups is 4. The van der Waals surface area contributed by atoms with Crippen LogP contribution in [-0.4, -0.2) is 96.7 Å². The van der Waals surface area contributed by atoms with Crippen LogP contribution in [0.5, 0.6) is 0 Å². The van der Waals surface area contributed by atoms with E-state index in [1.165, 1.54) is 32.1 Å². The van der Waals surface area contributed by atoms with Gasteiger partial charge in [-0.15, -0.1) is 0 Å². The minimum absolute atomic E-state index is 0.0682. The number of aliphatic hydroxyl groups excluding tert-OH is 1. The van der Waals surface area contributed by atoms with Crippen LogP contribution in [0.2, 0.25) is 0 Å². The SMILES string of the molecule is CC/C=C\C/C=C\C/C=C\C/C=C\C/C=C\CCCCCC(=O)OCC(COP(=O)(O)OCC(O)COP(=O)(O)OCC(COC(=O)CCCCCCCCC/C=C\C/C=C\C/C=C\CC)OC(=O)CCCCCCC/C=C\CCCC)OC(=O)CCCCCCC/C=C\C/C=C\CCCCC. The largest absolute Gasteiger partial charge is 0.472 e. The second-order valence-corrected chi connectivity index (χ2v) is 28.8. The van der Waals surface area contributed by atoms with E-state index in [0.29, 0.717) is 25.7 Å². The van der Waals surface area contributed by atoms with Crippen LogP contribution < -0.4 is 0 Å². The smallest absolute Gasteiger partial charge is 0.462 e. The highest BCUT2D eigenvalue weighted by Crippen LogP contribution is 2.45. The van der Waals surface area contributed by atoms with Crippen molar-refractivity contribution in [3.8, 4) is 0 Å². The predicted octanol–water partition coefficient (Wildman–Crippen LogP) is 22.9. The Kier molecular flexibility index (Phi) is 71.0. The molecule has 584 valence electrons. The van der Waals surface area contributed by atoms with E-state index >= 15 is 0 Å². The molecular weight excluding hydrogens is 1330 g/mol. The maximum absolute atomic E-state index is 13.1. The summed E-state index contributed by atoms with van der Waals surface area (Å²) in [5, 5.41) is 10.6. The van der Waals surface area contributed by atoms with Gasteiger partial charge in [0.1, 0.15) is 19.3 Å². The molecule has 0 aliphatic carbocycles. The molecule has 0 aromatic carbocycles. The van der Waals surface area contributed by atoms with Crippen molar-refractivity contribution >= 4 is 39.5 Å². The van der Waals surface area contributed by atoms with Gasteiger partial charge in [-0.2, -0.15) is 0 Å². The van der Waals surface area contributed by atoms with Gasteiger partial charge in [0, 0.05) is 25.7 Å². The third kappa shape index (κ3) is 73.5. The number of aliphatic hydroxyl groups is 1. The standard InChI is InChI=1S/C83H140O17P2/c1-5-9-13-17-21-25-29-32-35-37-38-40-43-45-49-52-56-60-64-68-81(86)94-74-79(100-83(88)70-66-62-58-54-50-46-41-34-31-27-23-19-15-11-7-3)76-98-102(91,92)96-72-77(84)71-95-101(89,90)97-75-78(99-82(87)69-65-61-57-53-47-28-24-20-16-12-8-4)73-93-80(85)67-63-59-55-51-48-44-42-39-36-33-30-26-22-18-14-10-6-2/h9-10,13-14,20-27,32-36,38,40-41,45,49,77-79,84H,5-8,11-12,15-19,28-31,37,39,42-44,46-48,50-76H2,1-4H3,(H,89,90)(H,91,92)/b13-9-,14-10-,24-20-,25-21-,26-22-,27-23-,35-32-,36-33-,40-38-,41-34-,49-45-. The van der Waals surface area contributed by atoms with E-state index in [9.17, 15) is 43.2 Å². The first-order valence-corrected chi connectivity index (χ1v) is 42.4. The van der Waals surface area contributed by atoms with Crippen LogP contribution in [0.15, 0.2) is 134 Å². The molecule has 0 aliphatic rings. The van der Waals surface area contributed by atoms with Crippen molar-refractivity contribution in [3.63, 3.8) is 0 Å². The fourth-order valence-corrected chi connectivity index (χ4v) is 11.7. The molecule has 0 bridgehead atoms. The van der Waals surface area contributed by atoms with Gasteiger partial charge >= 0.3 is 39.5 Å². The molecule has 102 heavy (non-hydrogen) atoms. The molecule has 0 aromatic heterocycles. The summed E-state index contributed by atoms with van der Waals surface area (Å²) in [5.74, 6) is -2.25. The number of rotatable bonds is 73. The Morgan fingerprint density at radius 2 is 0.520 bits per heavy atom. The Labute approximate surface area is 618 Å². The van der Waals surface area contributed by atoms with Gasteiger partial charge in [0.15, 0.2) is 12.2 Å². The van der Waals surface area contributed by atoms with Gasteiger partial charge in [0.2, 0.25) is 0 Å². The number of unbranched alkanes of at least 4 members (excludes halogenated alkanes) is 25. The summed E-state index contributed by atoms with van der Waals surface area (Å²) in [6, 6.07) is 0. The van der Waals surface area contributed by atoms with Crippen molar-refractivity contribution in [2.75, 3.05) is 39.6 Å². The molecule has 5 unspecified atom stereocenters. The van der Waals surface area contributed by atoms with E-state index in [2.05, 4.69) is 161 Å². The molecule has 19 heteroatoms. The zero-order valence-corrected chi connectivity index (χ0v) is 65.5. The van der Waals surface area contributed by atoms with Crippen LogP contribution in [-0.2, 0) is 65.4 Å². The van der Waals surface area contributed by atoms with E-state index in [-0.39, 0.29) is 25.7 Å². The molecule has 3 N–H and O–H groups in total. The molecule has 0 fully saturated rings. The van der Waals surface area contributed by atoms with E-state index < -0.39 is 97.5 Å². The first-order chi connectivity index (χ1) is 49.7. The lowest BCUT2D eigenvalue weighted by Crippen LogP contribution is -2.30. The number of carbonyl (C=O) groups excluding carboxylic acids is 4. The van der Waals surface area contributed by atoms with E-state index in [4.69, 9.17) is 37.0 Å². The molecular formula is C83H140O17P2. The molecule has 0 spiro atoms. The Balaban J connectivity index is 5.37. The summed E-state index contributed by atoms with van der Waals surface area (Å²) in [6.07, 6.45) is 82.9. The van der Waals surface area contributed by atoms with Crippen molar-refractivity contribution in [1.29, 1.82) is 0 Å². The number of allylic oxidation sites excluding steroid dienone is 22. The Morgan fingerprint density at radius 1 is 0.284 bits per heavy atom. The average Bonchev–Trinajstić information content (AvgIpc) is 0.939. The number of phosphoric ester groups is 2. The van der Waals surface area contributed by atoms with Gasteiger partial charge in [-0.3, -0.25) is 37.3 Å². The van der Waals surface area contributed by atoms with Crippen LogP contribution in [0.1, 0.15) is 310 Å². The van der Waals surface area contributed by atoms with Crippen LogP contribution in [0, 0.1) is 0 Å². The predicted molar refractivity (Wildman–Crippen MR) is 418 cm³/mol. The van der Waals surface area contributed by atoms with Crippen LogP contribution in [0.25, 0.3) is 0 Å². The molecule has 0 aromatic rings. The highest BCUT2D eigenvalue weighted by atomic mass is 31.2. The van der Waals surface area contributed by atoms with Crippen molar-refractivity contribution in [1.82, 2.24) is 0 Å². The lowest BCUT2D eigenvalue weighted by atomic mass is 10.1. The van der Waals surface area contributed by atoms with Gasteiger partial charge in [0.25, 0.3) is 0 Å². The maximum atomic E-state index is 13.1. The molecule has 0 radical (unpaired) electrons. The summed E-state index contributed by atoms with van der Waals surface area (Å²) in [6.45, 7) is 4.52. The van der Waals surface area contributed by atoms with E-state index in [1.807, 2.05) is 0 Å². The lowest BCUT2D eigenvalue weighted by molar-refractivity contribution is -0.161. The lowest BCUT2D eigenvalue weighted by Gasteiger charge is -2.21. The van der Waals surface area contributed by atoms with E-state index in [1.54, 1.807) is 0 Å². The number of ether oxygens (including phenoxy) is 4. The minimum Gasteiger partial charge on any atom is -0.462 e. The Bertz CT molecular complexity index is 2460. The third-order valence-corrected chi connectivity index (χ3v) is 18.0. The Morgan fingerprint density at radius 3 is 0.833 bits per heavy atom. The second-order valence-electron chi connectivity index (χ2n) is 25.9. The zero-order valence-electron chi connectivity index (χ0n) is 63.7. The molecule has 0 rings (SSSR count). The van der Waals surface area contributed by atoms with Crippen LogP contribution in [0.3, 0.4) is 0 Å². The van der Waals surface area contributed by atoms with Gasteiger partial charge in [-0.1, -0.05) is 264 Å². The zero-order chi connectivity index (χ0) is 74.6. The first-order valence-electron chi connectivity index (χ1n) is 39.4. The normalized spacial score (nSPS) is 14.6. The molecule has 17 nitrogen and oxygen atoms in total. The summed E-state index contributed by atoms with van der Waals surface area (Å²) < 4.78 is 68.5. The summed E-state index contributed by atoms with van der Waals surface area (Å²) >= 11 is 0. The molecule has 0 saturated carbocycles. The number of hydrogen-bond acceptors (Lipinski definition) is 15.